The fourth-order valence-electron chi connectivity index (χ4n) is 1.31. The number of nitrogens with zero attached hydrogens (tertiary/aromatic N) is 2. The molecule has 0 aliphatic rings. The van der Waals surface area contributed by atoms with Crippen LogP contribution in [0.15, 0.2) is 29.6 Å². The molecule has 22 heavy (non-hydrogen) atoms. The van der Waals surface area contributed by atoms with E-state index in [1.54, 1.807) is 0 Å². The van der Waals surface area contributed by atoms with Crippen LogP contribution in [0.1, 0.15) is 37.6 Å². The van der Waals surface area contributed by atoms with Crippen LogP contribution < -0.4 is 5.43 Å². The van der Waals surface area contributed by atoms with Crippen molar-refractivity contribution < 1.29 is 22.8 Å². The molecule has 1 aromatic heterocycles. The fourth-order valence-corrected chi connectivity index (χ4v) is 1.31. The minimum atomic E-state index is -4.80. The average molecular weight is 315 g/mol. The molecule has 0 saturated heterocycles. The molecule has 1 heterocycles. The summed E-state index contributed by atoms with van der Waals surface area (Å²) < 4.78 is 38.6. The predicted octanol–water partition coefficient (Wildman–Crippen LogP) is 2.74. The number of hydrogen-bond acceptors (Lipinski definition) is 4. The first-order chi connectivity index (χ1) is 10.0. The van der Waals surface area contributed by atoms with Gasteiger partial charge in [-0.2, -0.15) is 18.3 Å². The van der Waals surface area contributed by atoms with Crippen molar-refractivity contribution in [2.75, 3.05) is 0 Å². The summed E-state index contributed by atoms with van der Waals surface area (Å²) in [6.45, 7) is 4.54. The SMILES string of the molecule is CC(C)(C)C(=O)C/C(=N/NC(=O)c1ccncc1)C(F)(F)F. The van der Waals surface area contributed by atoms with Gasteiger partial charge in [0.15, 0.2) is 0 Å². The first-order valence-electron chi connectivity index (χ1n) is 6.39. The van der Waals surface area contributed by atoms with Gasteiger partial charge in [0.2, 0.25) is 0 Å². The van der Waals surface area contributed by atoms with Gasteiger partial charge >= 0.3 is 6.18 Å². The van der Waals surface area contributed by atoms with Crippen molar-refractivity contribution in [3.8, 4) is 0 Å². The van der Waals surface area contributed by atoms with E-state index >= 15 is 0 Å². The van der Waals surface area contributed by atoms with Crippen LogP contribution in [0.25, 0.3) is 0 Å². The van der Waals surface area contributed by atoms with E-state index in [0.717, 1.165) is 0 Å². The number of ketones is 1. The molecule has 1 aromatic rings. The number of hydrogen-bond donors (Lipinski definition) is 1. The number of amides is 1. The molecule has 0 fully saturated rings. The molecule has 1 rings (SSSR count). The van der Waals surface area contributed by atoms with Crippen molar-refractivity contribution in [1.29, 1.82) is 0 Å². The molecule has 0 aromatic carbocycles. The Morgan fingerprint density at radius 1 is 1.18 bits per heavy atom. The summed E-state index contributed by atoms with van der Waals surface area (Å²) in [6, 6.07) is 2.66. The van der Waals surface area contributed by atoms with Crippen LogP contribution in [0.3, 0.4) is 0 Å². The van der Waals surface area contributed by atoms with Gasteiger partial charge in [-0.1, -0.05) is 20.8 Å². The Morgan fingerprint density at radius 2 is 1.73 bits per heavy atom. The standard InChI is InChI=1S/C14H16F3N3O2/c1-13(2,3)11(21)8-10(14(15,16)17)19-20-12(22)9-4-6-18-7-5-9/h4-7H,8H2,1-3H3,(H,20,22)/b19-10-. The van der Waals surface area contributed by atoms with Crippen LogP contribution >= 0.6 is 0 Å². The smallest absolute Gasteiger partial charge is 0.299 e. The maximum absolute atomic E-state index is 12.9. The van der Waals surface area contributed by atoms with Gasteiger partial charge in [0.05, 0.1) is 6.42 Å². The number of rotatable bonds is 4. The number of alkyl halides is 3. The molecule has 1 amide bonds. The molecular formula is C14H16F3N3O2. The third-order valence-electron chi connectivity index (χ3n) is 2.73. The molecule has 120 valence electrons. The second-order valence-corrected chi connectivity index (χ2v) is 5.58. The number of nitrogens with one attached hydrogen (secondary N) is 1. The number of Topliss-reactive ketones (excluding diaryl/α,β-unsaturated/α-hetero) is 1. The highest BCUT2D eigenvalue weighted by molar-refractivity contribution is 6.07. The van der Waals surface area contributed by atoms with Crippen molar-refractivity contribution >= 4 is 17.4 Å². The summed E-state index contributed by atoms with van der Waals surface area (Å²) in [5.74, 6) is -1.44. The van der Waals surface area contributed by atoms with Gasteiger partial charge in [-0.25, -0.2) is 5.43 Å². The van der Waals surface area contributed by atoms with Gasteiger partial charge in [0.25, 0.3) is 5.91 Å². The molecule has 5 nitrogen and oxygen atoms in total. The van der Waals surface area contributed by atoms with E-state index in [1.807, 2.05) is 5.43 Å². The quantitative estimate of drug-likeness (QED) is 0.686. The van der Waals surface area contributed by atoms with Gasteiger partial charge in [-0.15, -0.1) is 0 Å². The molecule has 0 saturated carbocycles. The summed E-state index contributed by atoms with van der Waals surface area (Å²) in [5, 5.41) is 3.08. The topological polar surface area (TPSA) is 71.4 Å². The van der Waals surface area contributed by atoms with E-state index < -0.39 is 35.4 Å². The molecule has 8 heteroatoms. The zero-order chi connectivity index (χ0) is 17.0. The Morgan fingerprint density at radius 3 is 2.18 bits per heavy atom. The lowest BCUT2D eigenvalue weighted by molar-refractivity contribution is -0.126. The lowest BCUT2D eigenvalue weighted by Gasteiger charge is -2.18. The molecule has 0 radical (unpaired) electrons. The van der Waals surface area contributed by atoms with Crippen LogP contribution in [-0.4, -0.2) is 28.6 Å². The molecule has 0 bridgehead atoms. The summed E-state index contributed by atoms with van der Waals surface area (Å²) >= 11 is 0. The van der Waals surface area contributed by atoms with Gasteiger partial charge < -0.3 is 0 Å². The zero-order valence-corrected chi connectivity index (χ0v) is 12.4. The van der Waals surface area contributed by atoms with Crippen LogP contribution in [-0.2, 0) is 4.79 Å². The van der Waals surface area contributed by atoms with Crippen molar-refractivity contribution in [1.82, 2.24) is 10.4 Å². The largest absolute Gasteiger partial charge is 0.431 e. The number of pyridine rings is 1. The molecular weight excluding hydrogens is 299 g/mol. The van der Waals surface area contributed by atoms with Crippen LogP contribution in [0.2, 0.25) is 0 Å². The third kappa shape index (κ3) is 5.27. The highest BCUT2D eigenvalue weighted by atomic mass is 19.4. The zero-order valence-electron chi connectivity index (χ0n) is 12.4. The third-order valence-corrected chi connectivity index (χ3v) is 2.73. The second kappa shape index (κ2) is 6.67. The molecule has 0 aliphatic carbocycles. The Bertz CT molecular complexity index is 575. The van der Waals surface area contributed by atoms with E-state index in [1.165, 1.54) is 45.3 Å². The average Bonchev–Trinajstić information content (AvgIpc) is 2.41. The number of halogens is 3. The molecule has 1 N–H and O–H groups in total. The normalized spacial score (nSPS) is 12.9. The number of carbonyl (C=O) groups is 2. The predicted molar refractivity (Wildman–Crippen MR) is 74.3 cm³/mol. The fraction of sp³-hybridized carbons (Fsp3) is 0.429. The molecule has 0 unspecified atom stereocenters. The van der Waals surface area contributed by atoms with E-state index in [0.29, 0.717) is 0 Å². The highest BCUT2D eigenvalue weighted by Crippen LogP contribution is 2.24. The Labute approximate surface area is 125 Å². The van der Waals surface area contributed by atoms with E-state index in [-0.39, 0.29) is 5.56 Å². The van der Waals surface area contributed by atoms with Crippen molar-refractivity contribution in [2.45, 2.75) is 33.4 Å². The minimum absolute atomic E-state index is 0.113. The Hall–Kier alpha value is -2.25. The van der Waals surface area contributed by atoms with Crippen molar-refractivity contribution in [3.05, 3.63) is 30.1 Å². The van der Waals surface area contributed by atoms with Crippen molar-refractivity contribution in [3.63, 3.8) is 0 Å². The van der Waals surface area contributed by atoms with Gasteiger partial charge in [0.1, 0.15) is 11.5 Å². The maximum atomic E-state index is 12.9. The Balaban J connectivity index is 2.89. The van der Waals surface area contributed by atoms with Gasteiger partial charge in [0, 0.05) is 23.4 Å². The summed E-state index contributed by atoms with van der Waals surface area (Å²) in [7, 11) is 0. The lowest BCUT2D eigenvalue weighted by Crippen LogP contribution is -2.33. The van der Waals surface area contributed by atoms with Gasteiger partial charge in [-0.05, 0) is 12.1 Å². The maximum Gasteiger partial charge on any atom is 0.431 e. The second-order valence-electron chi connectivity index (χ2n) is 5.58. The summed E-state index contributed by atoms with van der Waals surface area (Å²) in [5.41, 5.74) is -0.343. The number of aromatic nitrogens is 1. The van der Waals surface area contributed by atoms with E-state index in [9.17, 15) is 22.8 Å². The van der Waals surface area contributed by atoms with Crippen LogP contribution in [0.4, 0.5) is 13.2 Å². The molecule has 0 aliphatic heterocycles. The monoisotopic (exact) mass is 315 g/mol. The molecule has 0 atom stereocenters. The number of hydrazone groups is 1. The van der Waals surface area contributed by atoms with Crippen molar-refractivity contribution in [2.24, 2.45) is 10.5 Å². The minimum Gasteiger partial charge on any atom is -0.299 e. The van der Waals surface area contributed by atoms with Crippen LogP contribution in [0.5, 0.6) is 0 Å². The van der Waals surface area contributed by atoms with Gasteiger partial charge in [-0.3, -0.25) is 14.6 Å². The Kier molecular flexibility index (Phi) is 5.40. The van der Waals surface area contributed by atoms with Crippen LogP contribution in [0, 0.1) is 5.41 Å². The summed E-state index contributed by atoms with van der Waals surface area (Å²) in [6.07, 6.45) is -3.05. The lowest BCUT2D eigenvalue weighted by atomic mass is 9.88. The summed E-state index contributed by atoms with van der Waals surface area (Å²) in [4.78, 5) is 27.1. The van der Waals surface area contributed by atoms with E-state index in [4.69, 9.17) is 0 Å². The molecule has 0 spiro atoms. The first kappa shape index (κ1) is 17.8. The number of carbonyl (C=O) groups excluding carboxylic acids is 2. The first-order valence-corrected chi connectivity index (χ1v) is 6.39. The highest BCUT2D eigenvalue weighted by Gasteiger charge is 2.39. The van der Waals surface area contributed by atoms with E-state index in [2.05, 4.69) is 10.1 Å².